The highest BCUT2D eigenvalue weighted by Gasteiger charge is 2.35. The molecule has 0 aromatic heterocycles. The number of carboxylic acids is 1. The van der Waals surface area contributed by atoms with Crippen molar-refractivity contribution in [2.24, 2.45) is 34.5 Å². The van der Waals surface area contributed by atoms with Crippen LogP contribution in [0.1, 0.15) is 117 Å². The second kappa shape index (κ2) is 19.5. The van der Waals surface area contributed by atoms with Gasteiger partial charge in [-0.15, -0.1) is 0 Å². The Morgan fingerprint density at radius 2 is 0.951 bits per heavy atom. The Balaban J connectivity index is 0.000000184. The molecule has 2 saturated heterocycles. The number of benzene rings is 4. The zero-order valence-electron chi connectivity index (χ0n) is 38.1. The first kappa shape index (κ1) is 44.9. The molecule has 8 rings (SSSR count). The molecule has 0 radical (unpaired) electrons. The first-order valence-electron chi connectivity index (χ1n) is 23.4. The number of methoxy groups -OCH3 is 1. The molecule has 4 aliphatic rings. The van der Waals surface area contributed by atoms with Crippen LogP contribution in [0.3, 0.4) is 0 Å². The smallest absolute Gasteiger partial charge is 0.311 e. The number of nitrogens with zero attached hydrogens (tertiary/aromatic N) is 2. The van der Waals surface area contributed by atoms with Gasteiger partial charge in [-0.25, -0.2) is 0 Å². The van der Waals surface area contributed by atoms with Gasteiger partial charge in [0, 0.05) is 39.3 Å². The lowest BCUT2D eigenvalue weighted by molar-refractivity contribution is -0.151. The third-order valence-corrected chi connectivity index (χ3v) is 15.3. The summed E-state index contributed by atoms with van der Waals surface area (Å²) in [4.78, 5) is 27.0. The summed E-state index contributed by atoms with van der Waals surface area (Å²) in [5.41, 5.74) is 3.40. The predicted octanol–water partition coefficient (Wildman–Crippen LogP) is 11.5. The quantitative estimate of drug-likeness (QED) is 0.126. The van der Waals surface area contributed by atoms with Crippen molar-refractivity contribution >= 4 is 33.5 Å². The molecule has 2 aliphatic heterocycles. The average molecular weight is 833 g/mol. The number of esters is 1. The van der Waals surface area contributed by atoms with Crippen LogP contribution in [0.15, 0.2) is 72.8 Å². The van der Waals surface area contributed by atoms with Gasteiger partial charge in [0.2, 0.25) is 0 Å². The molecular weight excluding hydrogens is 761 g/mol. The second-order valence-corrected chi connectivity index (χ2v) is 20.2. The van der Waals surface area contributed by atoms with Gasteiger partial charge in [0.1, 0.15) is 11.5 Å². The first-order valence-corrected chi connectivity index (χ1v) is 23.4. The minimum Gasteiger partial charge on any atom is -0.490 e. The predicted molar refractivity (Wildman–Crippen MR) is 246 cm³/mol. The summed E-state index contributed by atoms with van der Waals surface area (Å²) in [5, 5.41) is 13.9. The Bertz CT molecular complexity index is 2100. The van der Waals surface area contributed by atoms with E-state index in [0.29, 0.717) is 36.1 Å². The summed E-state index contributed by atoms with van der Waals surface area (Å²) < 4.78 is 17.5. The van der Waals surface area contributed by atoms with E-state index in [9.17, 15) is 9.59 Å². The molecule has 0 unspecified atom stereocenters. The fourth-order valence-corrected chi connectivity index (χ4v) is 10.2. The molecule has 4 fully saturated rings. The third-order valence-electron chi connectivity index (χ3n) is 15.3. The number of carbonyl (C=O) groups excluding carboxylic acids is 1. The fraction of sp³-hybridized carbons (Fsp3) is 0.585. The van der Waals surface area contributed by atoms with E-state index in [4.69, 9.17) is 19.3 Å². The highest BCUT2D eigenvalue weighted by Crippen LogP contribution is 2.43. The number of carbonyl (C=O) groups is 2. The Labute approximate surface area is 365 Å². The second-order valence-electron chi connectivity index (χ2n) is 20.2. The van der Waals surface area contributed by atoms with Gasteiger partial charge in [-0.1, -0.05) is 90.8 Å². The molecule has 2 aliphatic carbocycles. The van der Waals surface area contributed by atoms with Crippen LogP contribution in [-0.2, 0) is 27.4 Å². The molecule has 2 heterocycles. The molecular formula is C53H72N2O6. The molecule has 0 bridgehead atoms. The number of rotatable bonds is 14. The van der Waals surface area contributed by atoms with Crippen LogP contribution in [0, 0.1) is 34.5 Å². The Kier molecular flexibility index (Phi) is 14.4. The average Bonchev–Trinajstić information content (AvgIpc) is 3.23. The largest absolute Gasteiger partial charge is 0.490 e. The van der Waals surface area contributed by atoms with Gasteiger partial charge >= 0.3 is 11.9 Å². The summed E-state index contributed by atoms with van der Waals surface area (Å²) in [7, 11) is 1.46. The van der Waals surface area contributed by atoms with Gasteiger partial charge in [0.25, 0.3) is 0 Å². The molecule has 0 spiro atoms. The van der Waals surface area contributed by atoms with Crippen molar-refractivity contribution in [3.8, 4) is 11.5 Å². The molecule has 8 nitrogen and oxygen atoms in total. The minimum absolute atomic E-state index is 0.0354. The highest BCUT2D eigenvalue weighted by atomic mass is 16.5. The summed E-state index contributed by atoms with van der Waals surface area (Å²) in [6.45, 7) is 18.8. The number of likely N-dealkylation sites (tertiary alicyclic amines) is 2. The van der Waals surface area contributed by atoms with Gasteiger partial charge < -0.3 is 19.3 Å². The summed E-state index contributed by atoms with van der Waals surface area (Å²) in [6.07, 6.45) is 12.9. The molecule has 2 saturated carbocycles. The molecule has 4 aromatic carbocycles. The van der Waals surface area contributed by atoms with Gasteiger partial charge in [0.15, 0.2) is 0 Å². The van der Waals surface area contributed by atoms with Crippen LogP contribution in [-0.4, -0.2) is 72.3 Å². The number of hydrogen-bond donors (Lipinski definition) is 1. The maximum Gasteiger partial charge on any atom is 0.311 e. The van der Waals surface area contributed by atoms with Gasteiger partial charge in [-0.05, 0) is 143 Å². The van der Waals surface area contributed by atoms with Gasteiger partial charge in [-0.2, -0.15) is 0 Å². The maximum atomic E-state index is 11.6. The van der Waals surface area contributed by atoms with Gasteiger partial charge in [0.05, 0.1) is 31.2 Å². The van der Waals surface area contributed by atoms with Crippen LogP contribution in [0.2, 0.25) is 0 Å². The van der Waals surface area contributed by atoms with E-state index in [1.807, 2.05) is 0 Å². The summed E-state index contributed by atoms with van der Waals surface area (Å²) >= 11 is 0. The van der Waals surface area contributed by atoms with E-state index in [1.165, 1.54) is 78.3 Å². The Morgan fingerprint density at radius 1 is 0.574 bits per heavy atom. The first-order chi connectivity index (χ1) is 29.2. The van der Waals surface area contributed by atoms with E-state index in [2.05, 4.69) is 124 Å². The lowest BCUT2D eigenvalue weighted by atomic mass is 9.69. The van der Waals surface area contributed by atoms with E-state index in [1.54, 1.807) is 0 Å². The monoisotopic (exact) mass is 833 g/mol. The normalized spacial score (nSPS) is 23.1. The van der Waals surface area contributed by atoms with E-state index in [0.717, 1.165) is 75.2 Å². The van der Waals surface area contributed by atoms with Crippen LogP contribution in [0.4, 0.5) is 0 Å². The standard InChI is InChI=1S/C27H37NO3.C26H35NO3/c1-5-27(2,3)23-9-12-24(13-10-23)31-25-11-8-20-14-19(6-7-21(20)15-25)16-28-17-22(18-28)26(29)30-4;1-4-26(2,3)22-8-11-23(12-9-22)30-24-10-7-19-13-18(5-6-20(19)14-24)15-27-16-21(17-27)25(28)29/h6-8,11,14-15,22-24H,5,9-10,12-13,16-18H2,1-4H3;5-7,10,13-14,21-23H,4,8-9,11-12,15-17H2,1-3H3,(H,28,29). The molecule has 4 aromatic rings. The number of aliphatic carboxylic acids is 1. The van der Waals surface area contributed by atoms with Crippen molar-refractivity contribution in [1.29, 1.82) is 0 Å². The van der Waals surface area contributed by atoms with Crippen LogP contribution < -0.4 is 9.47 Å². The molecule has 0 amide bonds. The number of carboxylic acid groups (broad SMARTS) is 1. The van der Waals surface area contributed by atoms with Crippen molar-refractivity contribution in [2.75, 3.05) is 33.3 Å². The maximum absolute atomic E-state index is 11.6. The molecule has 1 N–H and O–H groups in total. The van der Waals surface area contributed by atoms with E-state index < -0.39 is 5.97 Å². The molecule has 8 heteroatoms. The number of fused-ring (bicyclic) bond motifs is 2. The Morgan fingerprint density at radius 3 is 1.33 bits per heavy atom. The van der Waals surface area contributed by atoms with Crippen molar-refractivity contribution < 1.29 is 28.9 Å². The zero-order chi connectivity index (χ0) is 43.3. The lowest BCUT2D eigenvalue weighted by Gasteiger charge is -2.38. The zero-order valence-corrected chi connectivity index (χ0v) is 38.1. The van der Waals surface area contributed by atoms with Gasteiger partial charge in [-0.3, -0.25) is 19.4 Å². The summed E-state index contributed by atoms with van der Waals surface area (Å²) in [5.74, 6) is 2.66. The highest BCUT2D eigenvalue weighted by molar-refractivity contribution is 5.85. The van der Waals surface area contributed by atoms with Crippen LogP contribution in [0.5, 0.6) is 11.5 Å². The van der Waals surface area contributed by atoms with Crippen molar-refractivity contribution in [2.45, 2.75) is 131 Å². The van der Waals surface area contributed by atoms with Crippen LogP contribution in [0.25, 0.3) is 21.5 Å². The minimum atomic E-state index is -0.681. The molecule has 330 valence electrons. The van der Waals surface area contributed by atoms with Crippen molar-refractivity contribution in [1.82, 2.24) is 9.80 Å². The number of hydrogen-bond acceptors (Lipinski definition) is 7. The topological polar surface area (TPSA) is 88.5 Å². The van der Waals surface area contributed by atoms with E-state index in [-0.39, 0.29) is 17.8 Å². The summed E-state index contributed by atoms with van der Waals surface area (Å²) in [6, 6.07) is 26.0. The molecule has 61 heavy (non-hydrogen) atoms. The van der Waals surface area contributed by atoms with Crippen molar-refractivity contribution in [3.05, 3.63) is 83.9 Å². The SMILES string of the molecule is CCC(C)(C)C1CCC(Oc2ccc3cc(CN4CC(C(=O)O)C4)ccc3c2)CC1.CCC(C)(C)C1CCC(Oc2ccc3cc(CN4CC(C(=O)OC)C4)ccc3c2)CC1. The lowest BCUT2D eigenvalue weighted by Crippen LogP contribution is -2.49. The van der Waals surface area contributed by atoms with Crippen molar-refractivity contribution in [3.63, 3.8) is 0 Å². The molecule has 0 atom stereocenters. The number of ether oxygens (including phenoxy) is 3. The van der Waals surface area contributed by atoms with Crippen LogP contribution >= 0.6 is 0 Å². The Hall–Kier alpha value is -4.14. The van der Waals surface area contributed by atoms with E-state index >= 15 is 0 Å². The third kappa shape index (κ3) is 11.3. The fourth-order valence-electron chi connectivity index (χ4n) is 10.2.